The minimum Gasteiger partial charge on any atom is -0.507 e. The lowest BCUT2D eigenvalue weighted by atomic mass is 10.2. The molecular weight excluding hydrogens is 256 g/mol. The maximum absolute atomic E-state index is 13.6. The van der Waals surface area contributed by atoms with Gasteiger partial charge in [-0.25, -0.2) is 8.78 Å². The van der Waals surface area contributed by atoms with Gasteiger partial charge in [0.05, 0.1) is 21.4 Å². The van der Waals surface area contributed by atoms with Crippen LogP contribution in [-0.2, 0) is 0 Å². The van der Waals surface area contributed by atoms with Gasteiger partial charge in [-0.1, -0.05) is 23.9 Å². The van der Waals surface area contributed by atoms with Crippen molar-refractivity contribution < 1.29 is 13.9 Å². The number of phenols is 1. The Balaban J connectivity index is 2.42. The molecule has 2 nitrogen and oxygen atoms in total. The van der Waals surface area contributed by atoms with Gasteiger partial charge in [0.25, 0.3) is 0 Å². The number of hydrogen-bond donors (Lipinski definition) is 1. The Kier molecular flexibility index (Phi) is 3.49. The Bertz CT molecular complexity index is 614. The van der Waals surface area contributed by atoms with E-state index in [9.17, 15) is 13.9 Å². The molecule has 0 unspecified atom stereocenters. The van der Waals surface area contributed by atoms with Crippen molar-refractivity contribution in [2.45, 2.75) is 9.79 Å². The van der Waals surface area contributed by atoms with Crippen molar-refractivity contribution in [2.75, 3.05) is 0 Å². The second-order valence-electron chi connectivity index (χ2n) is 3.45. The van der Waals surface area contributed by atoms with E-state index >= 15 is 0 Å². The van der Waals surface area contributed by atoms with Gasteiger partial charge in [-0.15, -0.1) is 0 Å². The summed E-state index contributed by atoms with van der Waals surface area (Å²) in [6.45, 7) is 0. The van der Waals surface area contributed by atoms with Crippen molar-refractivity contribution in [3.63, 3.8) is 0 Å². The van der Waals surface area contributed by atoms with Crippen LogP contribution in [0.5, 0.6) is 5.75 Å². The Morgan fingerprint density at radius 1 is 1.11 bits per heavy atom. The van der Waals surface area contributed by atoms with Crippen LogP contribution in [0, 0.1) is 23.0 Å². The maximum Gasteiger partial charge on any atom is 0.141 e. The summed E-state index contributed by atoms with van der Waals surface area (Å²) in [7, 11) is 0. The van der Waals surface area contributed by atoms with Gasteiger partial charge in [0.1, 0.15) is 17.4 Å². The lowest BCUT2D eigenvalue weighted by Gasteiger charge is -2.06. The summed E-state index contributed by atoms with van der Waals surface area (Å²) in [5, 5.41) is 18.1. The van der Waals surface area contributed by atoms with Crippen LogP contribution in [0.3, 0.4) is 0 Å². The molecule has 2 aromatic rings. The first-order valence-electron chi connectivity index (χ1n) is 4.97. The van der Waals surface area contributed by atoms with Gasteiger partial charge in [0.15, 0.2) is 0 Å². The predicted molar refractivity (Wildman–Crippen MR) is 63.3 cm³/mol. The van der Waals surface area contributed by atoms with E-state index in [0.717, 1.165) is 23.9 Å². The minimum absolute atomic E-state index is 0.0503. The fourth-order valence-electron chi connectivity index (χ4n) is 1.38. The highest BCUT2D eigenvalue weighted by Gasteiger charge is 2.14. The first-order chi connectivity index (χ1) is 8.61. The second kappa shape index (κ2) is 5.07. The van der Waals surface area contributed by atoms with Crippen LogP contribution < -0.4 is 0 Å². The molecule has 2 rings (SSSR count). The summed E-state index contributed by atoms with van der Waals surface area (Å²) in [6, 6.07) is 9.86. The SMILES string of the molecule is N#Cc1cc(F)c(Sc2ccccc2O)c(F)c1. The van der Waals surface area contributed by atoms with E-state index in [1.165, 1.54) is 6.07 Å². The molecule has 0 bridgehead atoms. The van der Waals surface area contributed by atoms with Gasteiger partial charge in [-0.2, -0.15) is 5.26 Å². The summed E-state index contributed by atoms with van der Waals surface area (Å²) >= 11 is 0.777. The van der Waals surface area contributed by atoms with E-state index in [1.807, 2.05) is 0 Å². The van der Waals surface area contributed by atoms with E-state index in [1.54, 1.807) is 24.3 Å². The minimum atomic E-state index is -0.820. The molecule has 2 aromatic carbocycles. The molecule has 18 heavy (non-hydrogen) atoms. The highest BCUT2D eigenvalue weighted by Crippen LogP contribution is 2.37. The zero-order valence-corrected chi connectivity index (χ0v) is 9.84. The molecule has 0 saturated heterocycles. The second-order valence-corrected chi connectivity index (χ2v) is 4.50. The van der Waals surface area contributed by atoms with Crippen LogP contribution in [0.25, 0.3) is 0 Å². The van der Waals surface area contributed by atoms with E-state index < -0.39 is 11.6 Å². The van der Waals surface area contributed by atoms with Gasteiger partial charge in [-0.05, 0) is 24.3 Å². The number of nitriles is 1. The Hall–Kier alpha value is -2.06. The average molecular weight is 263 g/mol. The maximum atomic E-state index is 13.6. The fraction of sp³-hybridized carbons (Fsp3) is 0. The predicted octanol–water partition coefficient (Wildman–Crippen LogP) is 3.69. The number of benzene rings is 2. The molecule has 0 radical (unpaired) electrons. The number of rotatable bonds is 2. The molecule has 1 N–H and O–H groups in total. The van der Waals surface area contributed by atoms with Crippen molar-refractivity contribution >= 4 is 11.8 Å². The van der Waals surface area contributed by atoms with Crippen molar-refractivity contribution in [2.24, 2.45) is 0 Å². The summed E-state index contributed by atoms with van der Waals surface area (Å²) < 4.78 is 27.2. The molecule has 0 atom stereocenters. The molecular formula is C13H7F2NOS. The molecule has 0 aliphatic carbocycles. The van der Waals surface area contributed by atoms with Gasteiger partial charge >= 0.3 is 0 Å². The summed E-state index contributed by atoms with van der Waals surface area (Å²) in [6.07, 6.45) is 0. The molecule has 90 valence electrons. The van der Waals surface area contributed by atoms with E-state index in [-0.39, 0.29) is 16.2 Å². The van der Waals surface area contributed by atoms with Crippen molar-refractivity contribution in [3.8, 4) is 11.8 Å². The Labute approximate surface area is 106 Å². The Morgan fingerprint density at radius 2 is 1.72 bits per heavy atom. The van der Waals surface area contributed by atoms with Gasteiger partial charge in [0.2, 0.25) is 0 Å². The third-order valence-corrected chi connectivity index (χ3v) is 3.36. The number of aromatic hydroxyl groups is 1. The van der Waals surface area contributed by atoms with Crippen LogP contribution in [-0.4, -0.2) is 5.11 Å². The fourth-order valence-corrected chi connectivity index (χ4v) is 2.23. The smallest absolute Gasteiger partial charge is 0.141 e. The topological polar surface area (TPSA) is 44.0 Å². The number of phenolic OH excluding ortho intramolecular Hbond substituents is 1. The molecule has 0 fully saturated rings. The van der Waals surface area contributed by atoms with Crippen molar-refractivity contribution in [3.05, 3.63) is 53.6 Å². The van der Waals surface area contributed by atoms with Crippen LogP contribution >= 0.6 is 11.8 Å². The average Bonchev–Trinajstić information content (AvgIpc) is 2.35. The molecule has 0 aliphatic rings. The highest BCUT2D eigenvalue weighted by molar-refractivity contribution is 7.99. The van der Waals surface area contributed by atoms with E-state index in [4.69, 9.17) is 5.26 Å². The summed E-state index contributed by atoms with van der Waals surface area (Å²) in [4.78, 5) is 0.107. The molecule has 0 saturated carbocycles. The summed E-state index contributed by atoms with van der Waals surface area (Å²) in [5.74, 6) is -1.69. The van der Waals surface area contributed by atoms with Gasteiger partial charge < -0.3 is 5.11 Å². The molecule has 5 heteroatoms. The first kappa shape index (κ1) is 12.4. The zero-order chi connectivity index (χ0) is 13.1. The molecule has 0 amide bonds. The van der Waals surface area contributed by atoms with E-state index in [0.29, 0.717) is 4.90 Å². The number of hydrogen-bond acceptors (Lipinski definition) is 3. The first-order valence-corrected chi connectivity index (χ1v) is 5.78. The lowest BCUT2D eigenvalue weighted by Crippen LogP contribution is -1.90. The monoisotopic (exact) mass is 263 g/mol. The number of halogens is 2. The lowest BCUT2D eigenvalue weighted by molar-refractivity contribution is 0.462. The molecule has 0 aromatic heterocycles. The third-order valence-electron chi connectivity index (χ3n) is 2.20. The largest absolute Gasteiger partial charge is 0.507 e. The number of para-hydroxylation sites is 1. The number of nitrogens with zero attached hydrogens (tertiary/aromatic N) is 1. The highest BCUT2D eigenvalue weighted by atomic mass is 32.2. The van der Waals surface area contributed by atoms with Crippen LogP contribution in [0.4, 0.5) is 8.78 Å². The summed E-state index contributed by atoms with van der Waals surface area (Å²) in [5.41, 5.74) is -0.0772. The van der Waals surface area contributed by atoms with Crippen molar-refractivity contribution in [1.29, 1.82) is 5.26 Å². The van der Waals surface area contributed by atoms with Crippen LogP contribution in [0.15, 0.2) is 46.2 Å². The third kappa shape index (κ3) is 2.44. The molecule has 0 heterocycles. The van der Waals surface area contributed by atoms with Gasteiger partial charge in [-0.3, -0.25) is 0 Å². The normalized spacial score (nSPS) is 10.1. The Morgan fingerprint density at radius 3 is 2.28 bits per heavy atom. The molecule has 0 aliphatic heterocycles. The van der Waals surface area contributed by atoms with E-state index in [2.05, 4.69) is 0 Å². The van der Waals surface area contributed by atoms with Crippen LogP contribution in [0.1, 0.15) is 5.56 Å². The standard InChI is InChI=1S/C13H7F2NOS/c14-9-5-8(7-16)6-10(15)13(9)18-12-4-2-1-3-11(12)17/h1-6,17H. The molecule has 0 spiro atoms. The van der Waals surface area contributed by atoms with Gasteiger partial charge in [0, 0.05) is 0 Å². The quantitative estimate of drug-likeness (QED) is 0.898. The van der Waals surface area contributed by atoms with Crippen molar-refractivity contribution in [1.82, 2.24) is 0 Å². The van der Waals surface area contributed by atoms with Crippen LogP contribution in [0.2, 0.25) is 0 Å². The zero-order valence-electron chi connectivity index (χ0n) is 9.02.